The minimum Gasteiger partial charge on any atom is -0.495 e. The molecule has 148 valence electrons. The van der Waals surface area contributed by atoms with Gasteiger partial charge in [0.15, 0.2) is 0 Å². The van der Waals surface area contributed by atoms with Gasteiger partial charge in [-0.05, 0) is 53.8 Å². The van der Waals surface area contributed by atoms with Gasteiger partial charge in [0.2, 0.25) is 11.9 Å². The number of hydrogen-bond acceptors (Lipinski definition) is 7. The van der Waals surface area contributed by atoms with E-state index in [1.807, 2.05) is 17.4 Å². The number of hydrogen-bond donors (Lipinski definition) is 2. The molecule has 0 radical (unpaired) electrons. The van der Waals surface area contributed by atoms with Gasteiger partial charge >= 0.3 is 0 Å². The Morgan fingerprint density at radius 1 is 1.34 bits per heavy atom. The number of benzene rings is 1. The molecule has 2 aromatic heterocycles. The fourth-order valence-corrected chi connectivity index (χ4v) is 4.12. The molecule has 0 saturated heterocycles. The summed E-state index contributed by atoms with van der Waals surface area (Å²) in [5.41, 5.74) is 2.64. The predicted molar refractivity (Wildman–Crippen MR) is 116 cm³/mol. The molecule has 0 saturated carbocycles. The van der Waals surface area contributed by atoms with Crippen molar-refractivity contribution in [1.82, 2.24) is 9.97 Å². The Morgan fingerprint density at radius 3 is 3.07 bits per heavy atom. The van der Waals surface area contributed by atoms with Crippen molar-refractivity contribution < 1.29 is 9.53 Å². The first kappa shape index (κ1) is 18.9. The second kappa shape index (κ2) is 8.32. The summed E-state index contributed by atoms with van der Waals surface area (Å²) in [6, 6.07) is 9.40. The predicted octanol–water partition coefficient (Wildman–Crippen LogP) is 3.98. The van der Waals surface area contributed by atoms with E-state index in [9.17, 15) is 4.79 Å². The van der Waals surface area contributed by atoms with Gasteiger partial charge in [-0.15, -0.1) is 11.3 Å². The molecular weight excluding hydrogens is 386 g/mol. The number of carbonyl (C=O) groups excluding carboxylic acids is 1. The second-order valence-electron chi connectivity index (χ2n) is 6.51. The smallest absolute Gasteiger partial charge is 0.247 e. The standard InChI is InChI=1S/C21H21N5O2S/c1-3-20(27)23-15-4-5-17(28-2)16(12-15)24-21-22-9-6-19(25-21)26-10-7-18-14(13-26)8-11-29-18/h3-6,8-9,11-12H,1,7,10,13H2,2H3,(H,23,27)(H,22,24,25). The summed E-state index contributed by atoms with van der Waals surface area (Å²) in [4.78, 5) is 24.3. The molecule has 0 aliphatic carbocycles. The van der Waals surface area contributed by atoms with Crippen molar-refractivity contribution >= 4 is 40.4 Å². The van der Waals surface area contributed by atoms with Crippen LogP contribution in [0.5, 0.6) is 5.75 Å². The van der Waals surface area contributed by atoms with Gasteiger partial charge in [0.25, 0.3) is 0 Å². The molecule has 1 amide bonds. The summed E-state index contributed by atoms with van der Waals surface area (Å²) >= 11 is 1.82. The lowest BCUT2D eigenvalue weighted by Gasteiger charge is -2.28. The van der Waals surface area contributed by atoms with Crippen LogP contribution in [0.4, 0.5) is 23.1 Å². The summed E-state index contributed by atoms with van der Waals surface area (Å²) in [7, 11) is 1.59. The fourth-order valence-electron chi connectivity index (χ4n) is 3.23. The molecule has 3 aromatic rings. The van der Waals surface area contributed by atoms with Gasteiger partial charge in [0, 0.05) is 29.9 Å². The van der Waals surface area contributed by atoms with Crippen molar-refractivity contribution in [3.63, 3.8) is 0 Å². The lowest BCUT2D eigenvalue weighted by atomic mass is 10.1. The summed E-state index contributed by atoms with van der Waals surface area (Å²) in [5.74, 6) is 1.67. The molecule has 0 fully saturated rings. The molecule has 4 rings (SSSR count). The van der Waals surface area contributed by atoms with Gasteiger partial charge in [-0.1, -0.05) is 6.58 Å². The zero-order valence-electron chi connectivity index (χ0n) is 16.0. The molecule has 0 unspecified atom stereocenters. The number of thiophene rings is 1. The Balaban J connectivity index is 1.55. The molecule has 1 aromatic carbocycles. The SMILES string of the molecule is C=CC(=O)Nc1ccc(OC)c(Nc2nccc(N3CCc4sccc4C3)n2)c1. The van der Waals surface area contributed by atoms with Crippen LogP contribution in [0.3, 0.4) is 0 Å². The van der Waals surface area contributed by atoms with Crippen LogP contribution in [0.2, 0.25) is 0 Å². The molecule has 3 heterocycles. The highest BCUT2D eigenvalue weighted by molar-refractivity contribution is 7.10. The molecular formula is C21H21N5O2S. The molecule has 7 nitrogen and oxygen atoms in total. The first-order valence-electron chi connectivity index (χ1n) is 9.18. The largest absolute Gasteiger partial charge is 0.495 e. The summed E-state index contributed by atoms with van der Waals surface area (Å²) in [6.07, 6.45) is 3.99. The topological polar surface area (TPSA) is 79.4 Å². The minimum atomic E-state index is -0.280. The van der Waals surface area contributed by atoms with Gasteiger partial charge in [-0.2, -0.15) is 4.98 Å². The maximum absolute atomic E-state index is 11.6. The number of carbonyl (C=O) groups is 1. The summed E-state index contributed by atoms with van der Waals surface area (Å²) in [5, 5.41) is 8.08. The van der Waals surface area contributed by atoms with E-state index in [4.69, 9.17) is 4.74 Å². The van der Waals surface area contributed by atoms with Gasteiger partial charge in [-0.3, -0.25) is 4.79 Å². The Morgan fingerprint density at radius 2 is 2.24 bits per heavy atom. The number of ether oxygens (including phenoxy) is 1. The first-order chi connectivity index (χ1) is 14.2. The number of nitrogens with zero attached hydrogens (tertiary/aromatic N) is 3. The van der Waals surface area contributed by atoms with E-state index in [0.29, 0.717) is 23.1 Å². The van der Waals surface area contributed by atoms with Crippen LogP contribution in [0.1, 0.15) is 10.4 Å². The van der Waals surface area contributed by atoms with E-state index in [2.05, 4.69) is 43.5 Å². The number of fused-ring (bicyclic) bond motifs is 1. The molecule has 0 spiro atoms. The third-order valence-corrected chi connectivity index (χ3v) is 5.69. The van der Waals surface area contributed by atoms with Crippen LogP contribution in [0.15, 0.2) is 54.6 Å². The van der Waals surface area contributed by atoms with E-state index in [0.717, 1.165) is 25.3 Å². The molecule has 2 N–H and O–H groups in total. The average molecular weight is 407 g/mol. The first-order valence-corrected chi connectivity index (χ1v) is 10.1. The van der Waals surface area contributed by atoms with Gasteiger partial charge in [-0.25, -0.2) is 4.98 Å². The van der Waals surface area contributed by atoms with E-state index in [1.54, 1.807) is 31.5 Å². The highest BCUT2D eigenvalue weighted by Crippen LogP contribution is 2.31. The maximum Gasteiger partial charge on any atom is 0.247 e. The number of amides is 1. The Kier molecular flexibility index (Phi) is 5.44. The van der Waals surface area contributed by atoms with E-state index >= 15 is 0 Å². The number of aromatic nitrogens is 2. The molecule has 0 atom stereocenters. The van der Waals surface area contributed by atoms with E-state index < -0.39 is 0 Å². The normalized spacial score (nSPS) is 12.8. The van der Waals surface area contributed by atoms with Crippen molar-refractivity contribution in [2.24, 2.45) is 0 Å². The number of methoxy groups -OCH3 is 1. The monoisotopic (exact) mass is 407 g/mol. The zero-order valence-corrected chi connectivity index (χ0v) is 16.8. The summed E-state index contributed by atoms with van der Waals surface area (Å²) in [6.45, 7) is 5.24. The summed E-state index contributed by atoms with van der Waals surface area (Å²) < 4.78 is 5.42. The molecule has 1 aliphatic heterocycles. The third kappa shape index (κ3) is 4.22. The fraction of sp³-hybridized carbons (Fsp3) is 0.190. The van der Waals surface area contributed by atoms with Gasteiger partial charge < -0.3 is 20.3 Å². The van der Waals surface area contributed by atoms with Crippen molar-refractivity contribution in [2.45, 2.75) is 13.0 Å². The lowest BCUT2D eigenvalue weighted by molar-refractivity contribution is -0.111. The molecule has 1 aliphatic rings. The van der Waals surface area contributed by atoms with Crippen molar-refractivity contribution in [1.29, 1.82) is 0 Å². The van der Waals surface area contributed by atoms with Crippen LogP contribution >= 0.6 is 11.3 Å². The Hall–Kier alpha value is -3.39. The Labute approximate surface area is 173 Å². The van der Waals surface area contributed by atoms with Crippen LogP contribution < -0.4 is 20.3 Å². The second-order valence-corrected chi connectivity index (χ2v) is 7.51. The number of rotatable bonds is 6. The number of anilines is 4. The zero-order chi connectivity index (χ0) is 20.2. The van der Waals surface area contributed by atoms with Gasteiger partial charge in [0.05, 0.1) is 12.8 Å². The van der Waals surface area contributed by atoms with Crippen molar-refractivity contribution in [3.05, 3.63) is 65.0 Å². The molecule has 29 heavy (non-hydrogen) atoms. The highest BCUT2D eigenvalue weighted by Gasteiger charge is 2.19. The van der Waals surface area contributed by atoms with Gasteiger partial charge in [0.1, 0.15) is 11.6 Å². The van der Waals surface area contributed by atoms with E-state index in [1.165, 1.54) is 16.5 Å². The highest BCUT2D eigenvalue weighted by atomic mass is 32.1. The molecule has 0 bridgehead atoms. The van der Waals surface area contributed by atoms with Crippen molar-refractivity contribution in [2.75, 3.05) is 29.2 Å². The lowest BCUT2D eigenvalue weighted by Crippen LogP contribution is -2.30. The average Bonchev–Trinajstić information content (AvgIpc) is 3.22. The minimum absolute atomic E-state index is 0.280. The number of nitrogens with one attached hydrogen (secondary N) is 2. The maximum atomic E-state index is 11.6. The van der Waals surface area contributed by atoms with Crippen molar-refractivity contribution in [3.8, 4) is 5.75 Å². The van der Waals surface area contributed by atoms with E-state index in [-0.39, 0.29) is 5.91 Å². The van der Waals surface area contributed by atoms with Crippen LogP contribution in [-0.4, -0.2) is 29.5 Å². The van der Waals surface area contributed by atoms with Crippen LogP contribution in [0, 0.1) is 0 Å². The quantitative estimate of drug-likeness (QED) is 0.602. The van der Waals surface area contributed by atoms with Crippen LogP contribution in [0.25, 0.3) is 0 Å². The Bertz CT molecular complexity index is 1050. The van der Waals surface area contributed by atoms with Crippen LogP contribution in [-0.2, 0) is 17.8 Å². The molecule has 8 heteroatoms. The third-order valence-electron chi connectivity index (χ3n) is 4.67.